The van der Waals surface area contributed by atoms with Crippen molar-refractivity contribution in [2.45, 2.75) is 18.2 Å². The summed E-state index contributed by atoms with van der Waals surface area (Å²) in [5.74, 6) is -2.06. The van der Waals surface area contributed by atoms with Gasteiger partial charge in [0.2, 0.25) is 11.7 Å². The average molecular weight is 512 g/mol. The van der Waals surface area contributed by atoms with E-state index in [-0.39, 0.29) is 36.2 Å². The average Bonchev–Trinajstić information content (AvgIpc) is 2.85. The van der Waals surface area contributed by atoms with Gasteiger partial charge in [-0.3, -0.25) is 4.79 Å². The van der Waals surface area contributed by atoms with E-state index in [4.69, 9.17) is 20.9 Å². The highest BCUT2D eigenvalue weighted by Crippen LogP contribution is 2.44. The number of ether oxygens (including phenoxy) is 2. The van der Waals surface area contributed by atoms with E-state index >= 15 is 0 Å². The van der Waals surface area contributed by atoms with Gasteiger partial charge >= 0.3 is 5.97 Å². The van der Waals surface area contributed by atoms with Crippen LogP contribution in [0.2, 0.25) is 0 Å². The molecule has 11 heteroatoms. The van der Waals surface area contributed by atoms with E-state index in [0.717, 1.165) is 12.7 Å². The number of Topliss-reactive ketones (excluding diaryl/α,β-unsaturated/α-hetero) is 1. The zero-order valence-corrected chi connectivity index (χ0v) is 20.5. The molecule has 2 aromatic carbocycles. The van der Waals surface area contributed by atoms with Crippen molar-refractivity contribution in [1.29, 1.82) is 0 Å². The molecule has 3 aromatic rings. The number of anilines is 3. The van der Waals surface area contributed by atoms with E-state index < -0.39 is 23.6 Å². The second-order valence-electron chi connectivity index (χ2n) is 7.92. The Bertz CT molecular complexity index is 1320. The molecule has 10 nitrogen and oxygen atoms in total. The maximum Gasteiger partial charge on any atom is 0.349 e. The zero-order chi connectivity index (χ0) is 25.3. The Morgan fingerprint density at radius 1 is 1.22 bits per heavy atom. The minimum absolute atomic E-state index is 0. The van der Waals surface area contributed by atoms with Gasteiger partial charge in [-0.1, -0.05) is 43.0 Å². The van der Waals surface area contributed by atoms with Crippen LogP contribution >= 0.6 is 12.4 Å². The van der Waals surface area contributed by atoms with Crippen LogP contribution in [0.4, 0.5) is 17.5 Å². The van der Waals surface area contributed by atoms with Crippen LogP contribution in [0, 0.1) is 0 Å². The molecule has 1 aliphatic rings. The number of nitrogens with zero attached hydrogens (tertiary/aromatic N) is 3. The first kappa shape index (κ1) is 26.6. The molecule has 188 valence electrons. The summed E-state index contributed by atoms with van der Waals surface area (Å²) in [6.07, 6.45) is 1.74. The Hall–Kier alpha value is -3.99. The van der Waals surface area contributed by atoms with Gasteiger partial charge in [-0.25, -0.2) is 9.78 Å². The Labute approximate surface area is 214 Å². The van der Waals surface area contributed by atoms with Gasteiger partial charge in [0.25, 0.3) is 5.60 Å². The van der Waals surface area contributed by atoms with Gasteiger partial charge in [-0.05, 0) is 29.0 Å². The lowest BCUT2D eigenvalue weighted by Crippen LogP contribution is -2.66. The lowest BCUT2D eigenvalue weighted by molar-refractivity contribution is -0.170. The van der Waals surface area contributed by atoms with Crippen molar-refractivity contribution in [3.05, 3.63) is 78.1 Å². The molecule has 0 spiro atoms. The molecule has 2 heterocycles. The van der Waals surface area contributed by atoms with E-state index in [9.17, 15) is 14.7 Å². The highest BCUT2D eigenvalue weighted by molar-refractivity contribution is 6.21. The zero-order valence-electron chi connectivity index (χ0n) is 19.7. The van der Waals surface area contributed by atoms with Crippen molar-refractivity contribution in [3.8, 4) is 11.1 Å². The molecule has 36 heavy (non-hydrogen) atoms. The molecule has 2 atom stereocenters. The predicted octanol–water partition coefficient (Wildman–Crippen LogP) is 2.91. The lowest BCUT2D eigenvalue weighted by Gasteiger charge is -2.45. The number of halogens is 1. The van der Waals surface area contributed by atoms with Crippen molar-refractivity contribution in [2.24, 2.45) is 0 Å². The fourth-order valence-corrected chi connectivity index (χ4v) is 4.51. The van der Waals surface area contributed by atoms with Crippen LogP contribution in [0.1, 0.15) is 21.5 Å². The van der Waals surface area contributed by atoms with Gasteiger partial charge in [-0.15, -0.1) is 12.4 Å². The second kappa shape index (κ2) is 10.3. The summed E-state index contributed by atoms with van der Waals surface area (Å²) < 4.78 is 10.9. The number of carbonyl (C=O) groups excluding carboxylic acids is 1. The fraction of sp³-hybridized carbons (Fsp3) is 0.200. The number of ketones is 1. The Balaban J connectivity index is 0.00000361. The van der Waals surface area contributed by atoms with Gasteiger partial charge in [0, 0.05) is 38.0 Å². The summed E-state index contributed by atoms with van der Waals surface area (Å²) in [5, 5.41) is 10.2. The normalized spacial score (nSPS) is 18.8. The van der Waals surface area contributed by atoms with Gasteiger partial charge < -0.3 is 30.9 Å². The van der Waals surface area contributed by atoms with Gasteiger partial charge in [0.1, 0.15) is 5.82 Å². The van der Waals surface area contributed by atoms with Crippen LogP contribution in [-0.2, 0) is 20.7 Å². The second-order valence-corrected chi connectivity index (χ2v) is 7.92. The number of benzene rings is 2. The van der Waals surface area contributed by atoms with E-state index in [2.05, 4.69) is 16.5 Å². The highest BCUT2D eigenvalue weighted by Gasteiger charge is 2.60. The smallest absolute Gasteiger partial charge is 0.349 e. The molecular weight excluding hydrogens is 486 g/mol. The van der Waals surface area contributed by atoms with Gasteiger partial charge in [0.05, 0.1) is 5.69 Å². The third-order valence-corrected chi connectivity index (χ3v) is 6.16. The summed E-state index contributed by atoms with van der Waals surface area (Å²) in [6.45, 7) is 3.82. The molecule has 5 N–H and O–H groups in total. The van der Waals surface area contributed by atoms with Crippen molar-refractivity contribution < 1.29 is 24.2 Å². The summed E-state index contributed by atoms with van der Waals surface area (Å²) in [5.41, 5.74) is 12.6. The van der Waals surface area contributed by atoms with E-state index in [1.165, 1.54) is 24.4 Å². The topological polar surface area (TPSA) is 154 Å². The van der Waals surface area contributed by atoms with Crippen LogP contribution in [0.3, 0.4) is 0 Å². The SMILES string of the molecule is C=CN1c2ccc(-c3ccccc3)c(Cc3cnc(N)nc3N)c2C(=O)C(OC)(C(=O)O)C1OC.Cl. The van der Waals surface area contributed by atoms with Crippen LogP contribution in [0.5, 0.6) is 0 Å². The number of aromatic nitrogens is 2. The number of rotatable bonds is 7. The van der Waals surface area contributed by atoms with Crippen molar-refractivity contribution in [1.82, 2.24) is 9.97 Å². The summed E-state index contributed by atoms with van der Waals surface area (Å²) >= 11 is 0. The fourth-order valence-electron chi connectivity index (χ4n) is 4.51. The molecule has 0 amide bonds. The molecule has 0 radical (unpaired) electrons. The van der Waals surface area contributed by atoms with Crippen LogP contribution in [-0.4, -0.2) is 52.9 Å². The maximum absolute atomic E-state index is 14.0. The summed E-state index contributed by atoms with van der Waals surface area (Å²) in [4.78, 5) is 36.1. The number of aliphatic carboxylic acids is 1. The van der Waals surface area contributed by atoms with E-state index in [1.807, 2.05) is 36.4 Å². The largest absolute Gasteiger partial charge is 0.479 e. The maximum atomic E-state index is 14.0. The number of carboxylic acids is 1. The van der Waals surface area contributed by atoms with E-state index in [1.54, 1.807) is 6.07 Å². The number of fused-ring (bicyclic) bond motifs is 1. The standard InChI is InChI=1S/C25H25N5O5.ClH/c1-4-30-18-11-10-16(14-8-6-5-7-9-14)17(12-15-13-28-24(27)29-21(15)26)19(18)20(31)25(35-3,23(32)33)22(30)34-2;/h4-11,13,22H,1,12H2,2-3H3,(H,32,33)(H4,26,27,28,29);1H. The van der Waals surface area contributed by atoms with Crippen molar-refractivity contribution in [3.63, 3.8) is 0 Å². The third kappa shape index (κ3) is 4.05. The van der Waals surface area contributed by atoms with Crippen LogP contribution in [0.25, 0.3) is 11.1 Å². The molecule has 0 bridgehead atoms. The van der Waals surface area contributed by atoms with Crippen LogP contribution in [0.15, 0.2) is 61.4 Å². The number of nitrogens with two attached hydrogens (primary N) is 2. The van der Waals surface area contributed by atoms with E-state index in [0.29, 0.717) is 22.4 Å². The van der Waals surface area contributed by atoms with Gasteiger partial charge in [-0.2, -0.15) is 4.98 Å². The quantitative estimate of drug-likeness (QED) is 0.403. The number of hydrogen-bond acceptors (Lipinski definition) is 9. The minimum Gasteiger partial charge on any atom is -0.479 e. The summed E-state index contributed by atoms with van der Waals surface area (Å²) in [6, 6.07) is 13.0. The Morgan fingerprint density at radius 3 is 2.47 bits per heavy atom. The monoisotopic (exact) mass is 511 g/mol. The first-order valence-corrected chi connectivity index (χ1v) is 10.6. The first-order chi connectivity index (χ1) is 16.8. The van der Waals surface area contributed by atoms with Gasteiger partial charge in [0.15, 0.2) is 6.23 Å². The summed E-state index contributed by atoms with van der Waals surface area (Å²) in [7, 11) is 2.47. The molecule has 4 rings (SSSR count). The molecule has 0 fully saturated rings. The molecular formula is C25H26ClN5O5. The molecule has 0 saturated heterocycles. The number of carboxylic acid groups (broad SMARTS) is 1. The number of carbonyl (C=O) groups is 2. The molecule has 2 unspecified atom stereocenters. The number of hydrogen-bond donors (Lipinski definition) is 3. The molecule has 1 aromatic heterocycles. The molecule has 1 aliphatic heterocycles. The molecule has 0 saturated carbocycles. The van der Waals surface area contributed by atoms with Crippen LogP contribution < -0.4 is 16.4 Å². The predicted molar refractivity (Wildman–Crippen MR) is 138 cm³/mol. The lowest BCUT2D eigenvalue weighted by atomic mass is 9.79. The highest BCUT2D eigenvalue weighted by atomic mass is 35.5. The van der Waals surface area contributed by atoms with Crippen molar-refractivity contribution >= 4 is 41.6 Å². The minimum atomic E-state index is -2.34. The van der Waals surface area contributed by atoms with Crippen molar-refractivity contribution in [2.75, 3.05) is 30.6 Å². The number of nitrogen functional groups attached to an aromatic ring is 2. The molecule has 0 aliphatic carbocycles. The number of methoxy groups -OCH3 is 2. The first-order valence-electron chi connectivity index (χ1n) is 10.6. The third-order valence-electron chi connectivity index (χ3n) is 6.16. The Morgan fingerprint density at radius 2 is 1.92 bits per heavy atom. The Kier molecular flexibility index (Phi) is 7.63.